The summed E-state index contributed by atoms with van der Waals surface area (Å²) in [6, 6.07) is 10.8. The van der Waals surface area contributed by atoms with E-state index in [4.69, 9.17) is 4.98 Å². The first-order valence-electron chi connectivity index (χ1n) is 6.38. The van der Waals surface area contributed by atoms with E-state index in [0.29, 0.717) is 4.58 Å². The number of nitrogens with zero attached hydrogens (tertiary/aromatic N) is 1. The molecule has 1 aromatic carbocycles. The van der Waals surface area contributed by atoms with Crippen LogP contribution in [0, 0.1) is 0 Å². The van der Waals surface area contributed by atoms with Crippen LogP contribution >= 0.6 is 20.1 Å². The molecule has 0 aliphatic carbocycles. The molecule has 0 saturated heterocycles. The zero-order valence-corrected chi connectivity index (χ0v) is 14.4. The average Bonchev–Trinajstić information content (AvgIpc) is 2.25. The smallest absolute Gasteiger partial charge is 0.0610 e. The molecule has 19 heavy (non-hydrogen) atoms. The van der Waals surface area contributed by atoms with Gasteiger partial charge in [0.05, 0.1) is 10.3 Å². The lowest BCUT2D eigenvalue weighted by Crippen LogP contribution is -2.15. The summed E-state index contributed by atoms with van der Waals surface area (Å²) in [4.78, 5) is 4.78. The number of rotatable bonds is 3. The van der Waals surface area contributed by atoms with Crippen molar-refractivity contribution in [1.82, 2.24) is 4.98 Å². The van der Waals surface area contributed by atoms with Crippen molar-refractivity contribution in [3.8, 4) is 0 Å². The number of aromatic nitrogens is 1. The molecular formula is C16H25NS2. The maximum Gasteiger partial charge on any atom is 0.0610 e. The summed E-state index contributed by atoms with van der Waals surface area (Å²) in [5.41, 5.74) is 1.28. The summed E-state index contributed by atoms with van der Waals surface area (Å²) in [6.45, 7) is 0. The van der Waals surface area contributed by atoms with E-state index >= 15 is 0 Å². The van der Waals surface area contributed by atoms with Gasteiger partial charge in [-0.25, -0.2) is 20.1 Å². The zero-order valence-electron chi connectivity index (χ0n) is 12.8. The van der Waals surface area contributed by atoms with Crippen molar-refractivity contribution in [2.75, 3.05) is 37.5 Å². The predicted molar refractivity (Wildman–Crippen MR) is 95.2 cm³/mol. The molecule has 2 rings (SSSR count). The fraction of sp³-hybridized carbons (Fsp3) is 0.438. The Morgan fingerprint density at radius 3 is 1.89 bits per heavy atom. The predicted octanol–water partition coefficient (Wildman–Crippen LogP) is 4.62. The minimum absolute atomic E-state index is 0.601. The van der Waals surface area contributed by atoms with E-state index in [-0.39, 0.29) is 0 Å². The van der Waals surface area contributed by atoms with Crippen molar-refractivity contribution in [3.05, 3.63) is 42.2 Å². The average molecular weight is 296 g/mol. The van der Waals surface area contributed by atoms with Crippen molar-refractivity contribution in [2.45, 2.75) is 4.58 Å². The first kappa shape index (κ1) is 14.7. The lowest BCUT2D eigenvalue weighted by atomic mass is 10.1. The second-order valence-corrected chi connectivity index (χ2v) is 15.6. The molecule has 0 aliphatic heterocycles. The SMILES string of the molecule is CS(C)(C)C(c1cc2ccccc2cn1)S(C)(C)C. The molecule has 0 fully saturated rings. The van der Waals surface area contributed by atoms with Crippen LogP contribution < -0.4 is 0 Å². The molecule has 0 aliphatic rings. The molecule has 0 saturated carbocycles. The third kappa shape index (κ3) is 3.26. The molecule has 0 spiro atoms. The highest BCUT2D eigenvalue weighted by atomic mass is 32.3. The molecule has 0 atom stereocenters. The van der Waals surface area contributed by atoms with E-state index in [9.17, 15) is 0 Å². The van der Waals surface area contributed by atoms with Gasteiger partial charge in [0.25, 0.3) is 0 Å². The van der Waals surface area contributed by atoms with Crippen LogP contribution in [-0.4, -0.2) is 42.5 Å². The molecule has 3 heteroatoms. The number of hydrogen-bond donors (Lipinski definition) is 0. The molecule has 0 unspecified atom stereocenters. The van der Waals surface area contributed by atoms with Crippen LogP contribution in [0.25, 0.3) is 10.8 Å². The summed E-state index contributed by atoms with van der Waals surface area (Å²) >= 11 is 0. The molecule has 1 nitrogen and oxygen atoms in total. The number of fused-ring (bicyclic) bond motifs is 1. The standard InChI is InChI=1S/C16H25NS2/c1-18(2,3)16(19(4,5)6)15-11-13-9-7-8-10-14(13)12-17-15/h7-12,16H,1-6H3. The Balaban J connectivity index is 2.57. The van der Waals surface area contributed by atoms with Gasteiger partial charge >= 0.3 is 0 Å². The first-order chi connectivity index (χ1) is 8.69. The van der Waals surface area contributed by atoms with Crippen molar-refractivity contribution in [3.63, 3.8) is 0 Å². The van der Waals surface area contributed by atoms with E-state index in [1.807, 2.05) is 6.20 Å². The number of benzene rings is 1. The van der Waals surface area contributed by atoms with Crippen LogP contribution in [0.2, 0.25) is 0 Å². The first-order valence-corrected chi connectivity index (χ1v) is 12.2. The Hall–Kier alpha value is -0.670. The van der Waals surface area contributed by atoms with Crippen molar-refractivity contribution in [1.29, 1.82) is 0 Å². The van der Waals surface area contributed by atoms with Gasteiger partial charge in [0.1, 0.15) is 0 Å². The number of hydrogen-bond acceptors (Lipinski definition) is 1. The molecule has 106 valence electrons. The van der Waals surface area contributed by atoms with Crippen molar-refractivity contribution in [2.24, 2.45) is 0 Å². The Kier molecular flexibility index (Phi) is 3.90. The largest absolute Gasteiger partial charge is 0.259 e. The third-order valence-corrected chi connectivity index (χ3v) is 9.69. The lowest BCUT2D eigenvalue weighted by molar-refractivity contribution is 1.16. The molecule has 2 aromatic rings. The van der Waals surface area contributed by atoms with Crippen LogP contribution in [0.1, 0.15) is 10.3 Å². The minimum atomic E-state index is -0.670. The maximum absolute atomic E-state index is 4.78. The summed E-state index contributed by atoms with van der Waals surface area (Å²) < 4.78 is 0.601. The second-order valence-electron chi connectivity index (χ2n) is 6.65. The molecule has 0 amide bonds. The molecular weight excluding hydrogens is 270 g/mol. The summed E-state index contributed by atoms with van der Waals surface area (Å²) in [7, 11) is -1.34. The topological polar surface area (TPSA) is 12.9 Å². The normalized spacial score (nSPS) is 14.9. The van der Waals surface area contributed by atoms with Gasteiger partial charge in [-0.2, -0.15) is 0 Å². The lowest BCUT2D eigenvalue weighted by Gasteiger charge is -2.47. The Morgan fingerprint density at radius 1 is 0.842 bits per heavy atom. The monoisotopic (exact) mass is 295 g/mol. The minimum Gasteiger partial charge on any atom is -0.259 e. The fourth-order valence-electron chi connectivity index (χ4n) is 2.82. The van der Waals surface area contributed by atoms with Crippen LogP contribution in [0.4, 0.5) is 0 Å². The Labute approximate surface area is 120 Å². The van der Waals surface area contributed by atoms with E-state index in [0.717, 1.165) is 0 Å². The quantitative estimate of drug-likeness (QED) is 0.805. The van der Waals surface area contributed by atoms with Gasteiger partial charge in [0.15, 0.2) is 0 Å². The van der Waals surface area contributed by atoms with Gasteiger partial charge in [-0.1, -0.05) is 24.3 Å². The molecule has 0 N–H and O–H groups in total. The summed E-state index contributed by atoms with van der Waals surface area (Å²) in [5.74, 6) is 0. The molecule has 1 heterocycles. The highest BCUT2D eigenvalue weighted by Gasteiger charge is 2.31. The van der Waals surface area contributed by atoms with Crippen LogP contribution in [0.15, 0.2) is 36.5 Å². The highest BCUT2D eigenvalue weighted by Crippen LogP contribution is 2.68. The van der Waals surface area contributed by atoms with Gasteiger partial charge in [-0.15, -0.1) is 0 Å². The van der Waals surface area contributed by atoms with E-state index in [1.54, 1.807) is 0 Å². The molecule has 0 bridgehead atoms. The Morgan fingerprint density at radius 2 is 1.37 bits per heavy atom. The second kappa shape index (κ2) is 5.02. The van der Waals surface area contributed by atoms with E-state index in [1.165, 1.54) is 16.5 Å². The van der Waals surface area contributed by atoms with Gasteiger partial charge in [0, 0.05) is 11.6 Å². The maximum atomic E-state index is 4.78. The van der Waals surface area contributed by atoms with Crippen LogP contribution in [0.3, 0.4) is 0 Å². The highest BCUT2D eigenvalue weighted by molar-refractivity contribution is 8.47. The van der Waals surface area contributed by atoms with Crippen molar-refractivity contribution < 1.29 is 0 Å². The van der Waals surface area contributed by atoms with E-state index < -0.39 is 20.1 Å². The summed E-state index contributed by atoms with van der Waals surface area (Å²) in [6.07, 6.45) is 16.5. The van der Waals surface area contributed by atoms with Gasteiger partial charge in [0.2, 0.25) is 0 Å². The van der Waals surface area contributed by atoms with Gasteiger partial charge in [-0.05, 0) is 49.0 Å². The van der Waals surface area contributed by atoms with Crippen LogP contribution in [0.5, 0.6) is 0 Å². The third-order valence-electron chi connectivity index (χ3n) is 3.18. The van der Waals surface area contributed by atoms with E-state index in [2.05, 4.69) is 67.9 Å². The summed E-state index contributed by atoms with van der Waals surface area (Å²) in [5, 5.41) is 2.54. The molecule has 1 aromatic heterocycles. The Bertz CT molecular complexity index is 565. The van der Waals surface area contributed by atoms with Gasteiger partial charge in [-0.3, -0.25) is 4.98 Å². The fourth-order valence-corrected chi connectivity index (χ4v) is 11.5. The van der Waals surface area contributed by atoms with Crippen molar-refractivity contribution >= 4 is 30.8 Å². The molecule has 0 radical (unpaired) electrons. The number of pyridine rings is 1. The van der Waals surface area contributed by atoms with Gasteiger partial charge < -0.3 is 0 Å². The van der Waals surface area contributed by atoms with Crippen LogP contribution in [-0.2, 0) is 0 Å². The zero-order chi connectivity index (χ0) is 14.3.